The van der Waals surface area contributed by atoms with E-state index in [2.05, 4.69) is 6.92 Å². The first-order chi connectivity index (χ1) is 5.38. The molecular formula is C10H12N. The summed E-state index contributed by atoms with van der Waals surface area (Å²) in [6.07, 6.45) is 3.73. The van der Waals surface area contributed by atoms with Crippen LogP contribution in [0.4, 0.5) is 0 Å². The fourth-order valence-corrected chi connectivity index (χ4v) is 1.01. The van der Waals surface area contributed by atoms with Crippen molar-refractivity contribution in [2.75, 3.05) is 0 Å². The minimum absolute atomic E-state index is 0.584. The van der Waals surface area contributed by atoms with Crippen molar-refractivity contribution in [2.45, 2.75) is 6.54 Å². The summed E-state index contributed by atoms with van der Waals surface area (Å²) in [7, 11) is 0. The Morgan fingerprint density at radius 2 is 2.09 bits per heavy atom. The van der Waals surface area contributed by atoms with Crippen LogP contribution in [0.5, 0.6) is 0 Å². The van der Waals surface area contributed by atoms with Gasteiger partial charge in [-0.3, -0.25) is 0 Å². The lowest BCUT2D eigenvalue weighted by atomic mass is 10.1. The van der Waals surface area contributed by atoms with Crippen molar-refractivity contribution >= 4 is 6.08 Å². The van der Waals surface area contributed by atoms with Gasteiger partial charge < -0.3 is 5.73 Å². The highest BCUT2D eigenvalue weighted by molar-refractivity contribution is 5.53. The molecule has 57 valence electrons. The predicted octanol–water partition coefficient (Wildman–Crippen LogP) is 1.99. The molecule has 1 nitrogen and oxygen atoms in total. The summed E-state index contributed by atoms with van der Waals surface area (Å²) in [4.78, 5) is 0. The molecule has 0 fully saturated rings. The van der Waals surface area contributed by atoms with Crippen LogP contribution in [-0.2, 0) is 6.54 Å². The first kappa shape index (κ1) is 8.02. The molecular weight excluding hydrogens is 134 g/mol. The fourth-order valence-electron chi connectivity index (χ4n) is 1.01. The SMILES string of the molecule is [CH2]C=Cc1ccccc1CN. The van der Waals surface area contributed by atoms with E-state index < -0.39 is 0 Å². The second-order valence-corrected chi connectivity index (χ2v) is 2.31. The summed E-state index contributed by atoms with van der Waals surface area (Å²) in [5.74, 6) is 0. The summed E-state index contributed by atoms with van der Waals surface area (Å²) in [6, 6.07) is 8.04. The molecule has 11 heavy (non-hydrogen) atoms. The van der Waals surface area contributed by atoms with Gasteiger partial charge in [0, 0.05) is 6.54 Å². The Labute approximate surface area is 67.5 Å². The molecule has 0 aliphatic heterocycles. The van der Waals surface area contributed by atoms with Gasteiger partial charge in [-0.25, -0.2) is 0 Å². The summed E-state index contributed by atoms with van der Waals surface area (Å²) in [5, 5.41) is 0. The Morgan fingerprint density at radius 1 is 1.36 bits per heavy atom. The summed E-state index contributed by atoms with van der Waals surface area (Å²) in [6.45, 7) is 4.22. The maximum absolute atomic E-state index is 5.53. The lowest BCUT2D eigenvalue weighted by Gasteiger charge is -2.00. The molecule has 0 bridgehead atoms. The number of nitrogens with two attached hydrogens (primary N) is 1. The van der Waals surface area contributed by atoms with Gasteiger partial charge >= 0.3 is 0 Å². The normalized spacial score (nSPS) is 10.7. The van der Waals surface area contributed by atoms with E-state index in [1.165, 1.54) is 0 Å². The van der Waals surface area contributed by atoms with Gasteiger partial charge in [0.05, 0.1) is 0 Å². The number of benzene rings is 1. The summed E-state index contributed by atoms with van der Waals surface area (Å²) in [5.41, 5.74) is 7.84. The third-order valence-corrected chi connectivity index (χ3v) is 1.57. The zero-order chi connectivity index (χ0) is 8.10. The lowest BCUT2D eigenvalue weighted by Crippen LogP contribution is -1.97. The Hall–Kier alpha value is -1.08. The molecule has 0 spiro atoms. The lowest BCUT2D eigenvalue weighted by molar-refractivity contribution is 1.07. The quantitative estimate of drug-likeness (QED) is 0.678. The average molecular weight is 146 g/mol. The Balaban J connectivity index is 3.02. The van der Waals surface area contributed by atoms with Gasteiger partial charge in [0.1, 0.15) is 0 Å². The highest BCUT2D eigenvalue weighted by atomic mass is 14.5. The molecule has 1 radical (unpaired) electrons. The number of hydrogen-bond donors (Lipinski definition) is 1. The molecule has 1 aromatic rings. The molecule has 0 unspecified atom stereocenters. The zero-order valence-corrected chi connectivity index (χ0v) is 6.46. The molecule has 0 saturated heterocycles. The van der Waals surface area contributed by atoms with Crippen LogP contribution in [-0.4, -0.2) is 0 Å². The largest absolute Gasteiger partial charge is 0.326 e. The molecule has 2 N–H and O–H groups in total. The Kier molecular flexibility index (Phi) is 2.87. The van der Waals surface area contributed by atoms with Crippen molar-refractivity contribution in [1.82, 2.24) is 0 Å². The van der Waals surface area contributed by atoms with Crippen LogP contribution < -0.4 is 5.73 Å². The molecule has 0 aliphatic rings. The van der Waals surface area contributed by atoms with E-state index in [0.29, 0.717) is 6.54 Å². The molecule has 0 aromatic heterocycles. The van der Waals surface area contributed by atoms with Crippen molar-refractivity contribution in [3.8, 4) is 0 Å². The molecule has 0 amide bonds. The summed E-state index contributed by atoms with van der Waals surface area (Å²) < 4.78 is 0. The van der Waals surface area contributed by atoms with Crippen LogP contribution in [0.15, 0.2) is 30.3 Å². The molecule has 1 heteroatoms. The number of hydrogen-bond acceptors (Lipinski definition) is 1. The van der Waals surface area contributed by atoms with E-state index in [4.69, 9.17) is 5.73 Å². The molecule has 1 rings (SSSR count). The molecule has 0 aliphatic carbocycles. The minimum atomic E-state index is 0.584. The van der Waals surface area contributed by atoms with Crippen molar-refractivity contribution < 1.29 is 0 Å². The third kappa shape index (κ3) is 1.92. The van der Waals surface area contributed by atoms with Gasteiger partial charge in [-0.05, 0) is 18.1 Å². The highest BCUT2D eigenvalue weighted by Gasteiger charge is 1.92. The van der Waals surface area contributed by atoms with Gasteiger partial charge in [-0.1, -0.05) is 36.4 Å². The summed E-state index contributed by atoms with van der Waals surface area (Å²) >= 11 is 0. The first-order valence-corrected chi connectivity index (χ1v) is 3.62. The first-order valence-electron chi connectivity index (χ1n) is 3.62. The number of allylic oxidation sites excluding steroid dienone is 1. The minimum Gasteiger partial charge on any atom is -0.326 e. The van der Waals surface area contributed by atoms with Gasteiger partial charge in [0.2, 0.25) is 0 Å². The van der Waals surface area contributed by atoms with Crippen LogP contribution in [0.25, 0.3) is 6.08 Å². The van der Waals surface area contributed by atoms with Gasteiger partial charge in [-0.2, -0.15) is 0 Å². The standard InChI is InChI=1S/C10H12N/c1-2-5-9-6-3-4-7-10(9)8-11/h2-7H,1,8,11H2. The second kappa shape index (κ2) is 3.94. The van der Waals surface area contributed by atoms with Crippen molar-refractivity contribution in [1.29, 1.82) is 0 Å². The zero-order valence-electron chi connectivity index (χ0n) is 6.46. The molecule has 1 aromatic carbocycles. The maximum atomic E-state index is 5.53. The molecule has 0 heterocycles. The van der Waals surface area contributed by atoms with E-state index in [9.17, 15) is 0 Å². The van der Waals surface area contributed by atoms with Crippen molar-refractivity contribution in [3.05, 3.63) is 48.4 Å². The van der Waals surface area contributed by atoms with Gasteiger partial charge in [0.15, 0.2) is 0 Å². The van der Waals surface area contributed by atoms with Crippen molar-refractivity contribution in [3.63, 3.8) is 0 Å². The van der Waals surface area contributed by atoms with Crippen LogP contribution >= 0.6 is 0 Å². The smallest absolute Gasteiger partial charge is 0.0184 e. The number of rotatable bonds is 2. The third-order valence-electron chi connectivity index (χ3n) is 1.57. The van der Waals surface area contributed by atoms with E-state index in [1.807, 2.05) is 30.3 Å². The van der Waals surface area contributed by atoms with Gasteiger partial charge in [-0.15, -0.1) is 0 Å². The van der Waals surface area contributed by atoms with E-state index in [1.54, 1.807) is 6.08 Å². The van der Waals surface area contributed by atoms with E-state index >= 15 is 0 Å². The van der Waals surface area contributed by atoms with Crippen LogP contribution in [0, 0.1) is 6.92 Å². The topological polar surface area (TPSA) is 26.0 Å². The maximum Gasteiger partial charge on any atom is 0.0184 e. The molecule has 0 saturated carbocycles. The fraction of sp³-hybridized carbons (Fsp3) is 0.100. The second-order valence-electron chi connectivity index (χ2n) is 2.31. The van der Waals surface area contributed by atoms with Gasteiger partial charge in [0.25, 0.3) is 0 Å². The van der Waals surface area contributed by atoms with Crippen molar-refractivity contribution in [2.24, 2.45) is 5.73 Å². The van der Waals surface area contributed by atoms with Crippen LogP contribution in [0.3, 0.4) is 0 Å². The predicted molar refractivity (Wildman–Crippen MR) is 48.7 cm³/mol. The van der Waals surface area contributed by atoms with Crippen LogP contribution in [0.1, 0.15) is 11.1 Å². The Morgan fingerprint density at radius 3 is 2.73 bits per heavy atom. The van der Waals surface area contributed by atoms with E-state index in [-0.39, 0.29) is 0 Å². The van der Waals surface area contributed by atoms with E-state index in [0.717, 1.165) is 11.1 Å². The molecule has 0 atom stereocenters. The monoisotopic (exact) mass is 146 g/mol. The highest BCUT2D eigenvalue weighted by Crippen LogP contribution is 2.08. The Bertz CT molecular complexity index is 251. The average Bonchev–Trinajstić information content (AvgIpc) is 2.06. The van der Waals surface area contributed by atoms with Crippen LogP contribution in [0.2, 0.25) is 0 Å².